The van der Waals surface area contributed by atoms with E-state index >= 15 is 0 Å². The fraction of sp³-hybridized carbons (Fsp3) is 0.0244. The summed E-state index contributed by atoms with van der Waals surface area (Å²) in [6, 6.07) is 54.7. The van der Waals surface area contributed by atoms with Gasteiger partial charge in [0.25, 0.3) is 0 Å². The highest BCUT2D eigenvalue weighted by Crippen LogP contribution is 2.39. The van der Waals surface area contributed by atoms with Gasteiger partial charge in [-0.1, -0.05) is 109 Å². The molecule has 2 nitrogen and oxygen atoms in total. The second-order valence-electron chi connectivity index (χ2n) is 11.1. The molecular weight excluding hydrogens is 553 g/mol. The Bertz CT molecular complexity index is 1990. The Morgan fingerprint density at radius 2 is 0.932 bits per heavy atom. The second-order valence-corrected chi connectivity index (χ2v) is 12.2. The van der Waals surface area contributed by atoms with Gasteiger partial charge in [-0.2, -0.15) is 0 Å². The van der Waals surface area contributed by atoms with Gasteiger partial charge in [-0.25, -0.2) is 0 Å². The average Bonchev–Trinajstić information content (AvgIpc) is 3.48. The van der Waals surface area contributed by atoms with Crippen molar-refractivity contribution in [2.45, 2.75) is 6.54 Å². The first kappa shape index (κ1) is 26.3. The molecule has 1 N–H and O–H groups in total. The minimum atomic E-state index is 0.906. The molecule has 0 aliphatic carbocycles. The number of hydrogen-bond acceptors (Lipinski definition) is 3. The van der Waals surface area contributed by atoms with Crippen LogP contribution in [0.4, 0.5) is 17.1 Å². The molecule has 6 aromatic carbocycles. The predicted molar refractivity (Wildman–Crippen MR) is 189 cm³/mol. The van der Waals surface area contributed by atoms with Crippen LogP contribution in [0.2, 0.25) is 0 Å². The minimum Gasteiger partial charge on any atom is -0.386 e. The van der Waals surface area contributed by atoms with E-state index in [0.717, 1.165) is 23.6 Å². The van der Waals surface area contributed by atoms with Gasteiger partial charge in [0.05, 0.1) is 0 Å². The Morgan fingerprint density at radius 3 is 1.45 bits per heavy atom. The Balaban J connectivity index is 1.15. The summed E-state index contributed by atoms with van der Waals surface area (Å²) in [5, 5.41) is 4.68. The Morgan fingerprint density at radius 1 is 0.477 bits per heavy atom. The van der Waals surface area contributed by atoms with Gasteiger partial charge in [-0.15, -0.1) is 11.3 Å². The molecule has 0 unspecified atom stereocenters. The van der Waals surface area contributed by atoms with Crippen LogP contribution in [0.1, 0.15) is 10.4 Å². The number of rotatable bonds is 6. The van der Waals surface area contributed by atoms with Crippen molar-refractivity contribution in [1.29, 1.82) is 0 Å². The van der Waals surface area contributed by atoms with E-state index < -0.39 is 0 Å². The van der Waals surface area contributed by atoms with Gasteiger partial charge in [0.1, 0.15) is 0 Å². The third kappa shape index (κ3) is 4.98. The van der Waals surface area contributed by atoms with E-state index in [-0.39, 0.29) is 0 Å². The SMILES string of the molecule is C1=Cc2c(sc3cc(-c4ccc(N(c5ccc(-c6ccccc6)cc5)c5ccc(-c6ccccc6)cc5)cc4)ccc23)CN1. The highest BCUT2D eigenvalue weighted by Gasteiger charge is 2.15. The van der Waals surface area contributed by atoms with Crippen LogP contribution in [0.15, 0.2) is 158 Å². The molecule has 1 aliphatic rings. The van der Waals surface area contributed by atoms with Crippen molar-refractivity contribution in [3.63, 3.8) is 0 Å². The molecule has 1 aliphatic heterocycles. The quantitative estimate of drug-likeness (QED) is 0.210. The first-order chi connectivity index (χ1) is 21.8. The normalized spacial score (nSPS) is 12.1. The van der Waals surface area contributed by atoms with E-state index in [9.17, 15) is 0 Å². The lowest BCUT2D eigenvalue weighted by Gasteiger charge is -2.26. The molecule has 0 bridgehead atoms. The number of nitrogens with one attached hydrogen (secondary N) is 1. The molecule has 3 heteroatoms. The van der Waals surface area contributed by atoms with E-state index in [1.807, 2.05) is 11.3 Å². The number of nitrogens with zero attached hydrogens (tertiary/aromatic N) is 1. The van der Waals surface area contributed by atoms with Crippen LogP contribution in [-0.2, 0) is 6.54 Å². The summed E-state index contributed by atoms with van der Waals surface area (Å²) in [7, 11) is 0. The monoisotopic (exact) mass is 582 g/mol. The summed E-state index contributed by atoms with van der Waals surface area (Å²) >= 11 is 1.89. The van der Waals surface area contributed by atoms with Gasteiger partial charge in [0.2, 0.25) is 0 Å². The van der Waals surface area contributed by atoms with Crippen LogP contribution in [0.3, 0.4) is 0 Å². The first-order valence-electron chi connectivity index (χ1n) is 15.0. The number of benzene rings is 6. The van der Waals surface area contributed by atoms with E-state index in [1.54, 1.807) is 0 Å². The number of anilines is 3. The lowest BCUT2D eigenvalue weighted by atomic mass is 10.0. The second kappa shape index (κ2) is 11.4. The topological polar surface area (TPSA) is 15.3 Å². The van der Waals surface area contributed by atoms with Crippen molar-refractivity contribution in [1.82, 2.24) is 5.32 Å². The summed E-state index contributed by atoms with van der Waals surface area (Å²) in [4.78, 5) is 3.74. The van der Waals surface area contributed by atoms with E-state index in [4.69, 9.17) is 0 Å². The Kier molecular flexibility index (Phi) is 6.78. The zero-order chi connectivity index (χ0) is 29.3. The van der Waals surface area contributed by atoms with Gasteiger partial charge >= 0.3 is 0 Å². The third-order valence-electron chi connectivity index (χ3n) is 8.36. The zero-order valence-corrected chi connectivity index (χ0v) is 25.0. The molecule has 0 fully saturated rings. The summed E-state index contributed by atoms with van der Waals surface area (Å²) in [5.74, 6) is 0. The largest absolute Gasteiger partial charge is 0.386 e. The lowest BCUT2D eigenvalue weighted by molar-refractivity contribution is 0.878. The molecule has 0 saturated carbocycles. The smallest absolute Gasteiger partial charge is 0.0495 e. The lowest BCUT2D eigenvalue weighted by Crippen LogP contribution is -2.09. The van der Waals surface area contributed by atoms with E-state index in [2.05, 4.69) is 174 Å². The molecule has 0 saturated heterocycles. The van der Waals surface area contributed by atoms with Gasteiger partial charge < -0.3 is 10.2 Å². The third-order valence-corrected chi connectivity index (χ3v) is 9.53. The van der Waals surface area contributed by atoms with Crippen molar-refractivity contribution in [2.75, 3.05) is 4.90 Å². The fourth-order valence-electron chi connectivity index (χ4n) is 6.07. The van der Waals surface area contributed by atoms with Gasteiger partial charge in [0, 0.05) is 38.6 Å². The van der Waals surface area contributed by atoms with Crippen LogP contribution in [-0.4, -0.2) is 0 Å². The minimum absolute atomic E-state index is 0.906. The maximum absolute atomic E-state index is 3.34. The van der Waals surface area contributed by atoms with Crippen LogP contribution < -0.4 is 10.2 Å². The zero-order valence-electron chi connectivity index (χ0n) is 24.2. The van der Waals surface area contributed by atoms with Crippen LogP contribution >= 0.6 is 11.3 Å². The maximum atomic E-state index is 3.34. The molecular formula is C41H30N2S. The summed E-state index contributed by atoms with van der Waals surface area (Å²) in [6.45, 7) is 0.906. The molecule has 0 spiro atoms. The molecule has 7 aromatic rings. The molecule has 2 heterocycles. The fourth-order valence-corrected chi connectivity index (χ4v) is 7.25. The van der Waals surface area contributed by atoms with Crippen molar-refractivity contribution < 1.29 is 0 Å². The van der Waals surface area contributed by atoms with Crippen molar-refractivity contribution in [3.05, 3.63) is 168 Å². The molecule has 1 aromatic heterocycles. The summed E-state index contributed by atoms with van der Waals surface area (Å²) in [5.41, 5.74) is 12.0. The molecule has 0 radical (unpaired) electrons. The van der Waals surface area contributed by atoms with Crippen LogP contribution in [0.5, 0.6) is 0 Å². The average molecular weight is 583 g/mol. The predicted octanol–water partition coefficient (Wildman–Crippen LogP) is 11.4. The van der Waals surface area contributed by atoms with Gasteiger partial charge in [-0.3, -0.25) is 0 Å². The first-order valence-corrected chi connectivity index (χ1v) is 15.8. The highest BCUT2D eigenvalue weighted by molar-refractivity contribution is 7.19. The highest BCUT2D eigenvalue weighted by atomic mass is 32.1. The number of thiophene rings is 1. The van der Waals surface area contributed by atoms with Crippen molar-refractivity contribution in [3.8, 4) is 33.4 Å². The van der Waals surface area contributed by atoms with Crippen molar-refractivity contribution >= 4 is 44.6 Å². The summed E-state index contributed by atoms with van der Waals surface area (Å²) in [6.07, 6.45) is 4.25. The van der Waals surface area contributed by atoms with Gasteiger partial charge in [0.15, 0.2) is 0 Å². The molecule has 0 atom stereocenters. The Hall–Kier alpha value is -5.38. The molecule has 210 valence electrons. The van der Waals surface area contributed by atoms with Crippen LogP contribution in [0.25, 0.3) is 49.5 Å². The van der Waals surface area contributed by atoms with Crippen molar-refractivity contribution in [2.24, 2.45) is 0 Å². The number of fused-ring (bicyclic) bond motifs is 3. The standard InChI is InChI=1S/C41H30N2S/c1-3-7-29(8-4-1)31-11-18-35(19-12-31)43(36-20-13-32(14-21-36)30-9-5-2-6-10-30)37-22-15-33(16-23-37)34-17-24-38-39-25-26-42-28-41(39)44-40(38)27-34/h1-27,42H,28H2. The molecule has 44 heavy (non-hydrogen) atoms. The van der Waals surface area contributed by atoms with E-state index in [0.29, 0.717) is 0 Å². The Labute approximate surface area is 262 Å². The molecule has 0 amide bonds. The van der Waals surface area contributed by atoms with E-state index in [1.165, 1.54) is 53.9 Å². The maximum Gasteiger partial charge on any atom is 0.0495 e. The number of hydrogen-bond donors (Lipinski definition) is 1. The molecule has 8 rings (SSSR count). The van der Waals surface area contributed by atoms with Crippen LogP contribution in [0, 0.1) is 0 Å². The summed E-state index contributed by atoms with van der Waals surface area (Å²) < 4.78 is 1.34. The van der Waals surface area contributed by atoms with Gasteiger partial charge in [-0.05, 0) is 93.7 Å².